The number of hydrogen-bond acceptors (Lipinski definition) is 13. The molecule has 0 amide bonds. The number of anilines is 2. The van der Waals surface area contributed by atoms with Crippen LogP contribution in [0.25, 0.3) is 44.1 Å². The van der Waals surface area contributed by atoms with Crippen molar-refractivity contribution in [2.24, 2.45) is 0 Å². The van der Waals surface area contributed by atoms with E-state index in [1.165, 1.54) is 53.1 Å². The number of para-hydroxylation sites is 2. The number of rotatable bonds is 29. The first kappa shape index (κ1) is 115. The Hall–Kier alpha value is -16.6. The highest BCUT2D eigenvalue weighted by Gasteiger charge is 2.24. The maximum Gasteiger partial charge on any atom is 0.335 e. The summed E-state index contributed by atoms with van der Waals surface area (Å²) >= 11 is 25.6. The Balaban J connectivity index is 0.000000175. The predicted octanol–water partition coefficient (Wildman–Crippen LogP) is 29.5. The average molecular weight is 2120 g/mol. The highest BCUT2D eigenvalue weighted by Crippen LogP contribution is 2.37. The molecule has 0 bridgehead atoms. The second-order valence-corrected chi connectivity index (χ2v) is 37.2. The summed E-state index contributed by atoms with van der Waals surface area (Å²) in [6.45, 7) is 12.4. The molecule has 2 heterocycles. The lowest BCUT2D eigenvalue weighted by Gasteiger charge is -2.13. The van der Waals surface area contributed by atoms with Crippen molar-refractivity contribution < 1.29 is 102 Å². The lowest BCUT2D eigenvalue weighted by atomic mass is 9.95. The number of aromatic nitrogens is 1. The van der Waals surface area contributed by atoms with E-state index in [0.29, 0.717) is 98.4 Å². The molecule has 4 atom stereocenters. The minimum atomic E-state index is -1.03. The maximum absolute atomic E-state index is 13.9. The van der Waals surface area contributed by atoms with E-state index in [1.807, 2.05) is 176 Å². The summed E-state index contributed by atoms with van der Waals surface area (Å²) in [5.74, 6) is -10.9. The minimum Gasteiger partial charge on any atom is -0.481 e. The molecular weight excluding hydrogens is 2010 g/mol. The molecule has 17 aromatic rings. The van der Waals surface area contributed by atoms with Crippen LogP contribution >= 0.6 is 57.7 Å². The Morgan fingerprint density at radius 2 is 0.860 bits per heavy atom. The van der Waals surface area contributed by atoms with Gasteiger partial charge in [-0.05, 0) is 217 Å². The van der Waals surface area contributed by atoms with E-state index in [2.05, 4.69) is 36.3 Å². The molecule has 0 aliphatic rings. The number of nitrogens with one attached hydrogen (secondary N) is 2. The molecule has 17 rings (SSSR count). The molecule has 0 fully saturated rings. The Kier molecular flexibility index (Phi) is 43.3. The van der Waals surface area contributed by atoms with Gasteiger partial charge in [0.2, 0.25) is 5.78 Å². The predicted molar refractivity (Wildman–Crippen MR) is 587 cm³/mol. The number of fused-ring (bicyclic) bond motifs is 3. The molecule has 0 radical (unpaired) electrons. The van der Waals surface area contributed by atoms with Gasteiger partial charge in [-0.25, -0.2) is 13.6 Å². The van der Waals surface area contributed by atoms with Crippen LogP contribution in [0.2, 0.25) is 20.1 Å². The van der Waals surface area contributed by atoms with Gasteiger partial charge in [-0.3, -0.25) is 47.9 Å². The number of carbonyl (C=O) groups is 11. The smallest absolute Gasteiger partial charge is 0.335 e. The number of carbonyl (C=O) groups excluding carboxylic acids is 3. The summed E-state index contributed by atoms with van der Waals surface area (Å²) in [5.41, 5.74) is 20.0. The van der Waals surface area contributed by atoms with Crippen molar-refractivity contribution in [1.82, 2.24) is 4.98 Å². The number of aromatic carboxylic acids is 1. The van der Waals surface area contributed by atoms with Crippen molar-refractivity contribution in [2.45, 2.75) is 111 Å². The van der Waals surface area contributed by atoms with Crippen molar-refractivity contribution in [2.75, 3.05) is 5.32 Å². The molecule has 766 valence electrons. The Labute approximate surface area is 889 Å². The number of H-pyrrole nitrogens is 1. The number of halogens is 6. The molecular formula is C122H106Cl4F2N2O19S. The van der Waals surface area contributed by atoms with E-state index in [0.717, 1.165) is 66.3 Å². The van der Waals surface area contributed by atoms with Crippen molar-refractivity contribution in [3.8, 4) is 22.3 Å². The fourth-order valence-electron chi connectivity index (χ4n) is 15.4. The molecule has 0 aliphatic heterocycles. The molecule has 4 unspecified atom stereocenters. The van der Waals surface area contributed by atoms with Crippen molar-refractivity contribution in [1.29, 1.82) is 0 Å². The highest BCUT2D eigenvalue weighted by atomic mass is 35.5. The fraction of sp³-hybridized carbons (Fsp3) is 0.139. The molecule has 0 saturated carbocycles. The van der Waals surface area contributed by atoms with Crippen LogP contribution in [0, 0.1) is 32.4 Å². The number of aromatic amines is 1. The quantitative estimate of drug-likeness (QED) is 0.0195. The zero-order chi connectivity index (χ0) is 109. The molecule has 21 nitrogen and oxygen atoms in total. The first-order valence-corrected chi connectivity index (χ1v) is 49.4. The molecule has 150 heavy (non-hydrogen) atoms. The van der Waals surface area contributed by atoms with Crippen molar-refractivity contribution in [3.63, 3.8) is 0 Å². The van der Waals surface area contributed by atoms with Gasteiger partial charge >= 0.3 is 47.8 Å². The van der Waals surface area contributed by atoms with Gasteiger partial charge in [0.05, 0.1) is 69.1 Å². The van der Waals surface area contributed by atoms with Crippen LogP contribution in [0.3, 0.4) is 0 Å². The van der Waals surface area contributed by atoms with Crippen LogP contribution in [0.5, 0.6) is 0 Å². The summed E-state index contributed by atoms with van der Waals surface area (Å²) in [7, 11) is 0. The Bertz CT molecular complexity index is 7600. The third kappa shape index (κ3) is 33.7. The van der Waals surface area contributed by atoms with Crippen LogP contribution in [0.4, 0.5) is 20.2 Å². The average Bonchev–Trinajstić information content (AvgIpc) is 1.62. The van der Waals surface area contributed by atoms with Crippen LogP contribution in [0.1, 0.15) is 188 Å². The highest BCUT2D eigenvalue weighted by molar-refractivity contribution is 7.12. The summed E-state index contributed by atoms with van der Waals surface area (Å²) in [4.78, 5) is 127. The lowest BCUT2D eigenvalue weighted by molar-refractivity contribution is -0.139. The SMILES string of the molecule is CC(C(=O)O)c1ccc(-c2ccccc2)cc1F.CC(C(=O)O)c1ccc(C(=O)c2cccs2)cc1.CC(C(=O)O)c1ccc2c(c1)[nH]c1ccc(Cl)cc12.CC(C(=O)O)c1cccc(C(=O)c2ccccc2)c1.Cc1ccc(Cc2c(F)cccc2Cl)c(CC(=O)O)c1.Cc1cccc(Cc2ccccc2C(=O)O)c1C.O=C(O)CCC(=O)c1ccc(-c2ccccc2)cc1.O=C(O)Cc1ccccc1Nc1c(Cl)cccc1Cl. The van der Waals surface area contributed by atoms with Gasteiger partial charge < -0.3 is 51.2 Å². The van der Waals surface area contributed by atoms with Crippen LogP contribution in [-0.4, -0.2) is 111 Å². The molecule has 15 aromatic carbocycles. The van der Waals surface area contributed by atoms with E-state index in [9.17, 15) is 61.5 Å². The number of hydrogen-bond donors (Lipinski definition) is 10. The first-order valence-electron chi connectivity index (χ1n) is 47.0. The number of thiophene rings is 1. The van der Waals surface area contributed by atoms with Gasteiger partial charge in [-0.2, -0.15) is 0 Å². The number of carboxylic acids is 8. The number of aliphatic carboxylic acids is 7. The summed E-state index contributed by atoms with van der Waals surface area (Å²) < 4.78 is 27.7. The van der Waals surface area contributed by atoms with E-state index in [1.54, 1.807) is 178 Å². The third-order valence-corrected chi connectivity index (χ3v) is 26.3. The minimum absolute atomic E-state index is 0.0282. The number of aryl methyl sites for hydroxylation is 2. The van der Waals surface area contributed by atoms with Gasteiger partial charge in [0.15, 0.2) is 11.6 Å². The second-order valence-electron chi connectivity index (χ2n) is 34.6. The fourth-order valence-corrected chi connectivity index (χ4v) is 17.0. The molecule has 0 aliphatic carbocycles. The standard InChI is InChI=1S/C16H14ClFO2.2C16H14O3.C16H16O2.C15H12ClNO2.C15H13FO2.C14H11Cl2NO2.C14H12O3S/c1-10-5-6-11(12(7-10)9-16(19)20)8-13-14(17)3-2-4-15(13)18;1-11(16(18)19)13-8-5-9-14(10-13)15(17)12-6-3-2-4-7-12;17-15(10-11-16(18)19)14-8-6-13(7-9-14)12-4-2-1-3-5-12;1-11-6-5-8-13(12(11)2)10-14-7-3-4-9-15(14)16(17)18;1-8(15(18)19)9-2-4-11-12-7-10(16)3-5-13(12)17-14(11)6-9;1-10(15(17)18)13-8-7-12(9-14(13)16)11-5-3-2-4-6-11;15-10-5-3-6-11(16)14(10)17-12-7-2-1-4-9(12)8-13(18)19;1-9(14(16)17)10-4-6-11(7-5-10)13(15)12-3-2-8-18-12/h2-7H,8-9H2,1H3,(H,19,20);2-11H,1H3,(H,18,19);1-9H,10-11H2,(H,18,19);3-9H,10H2,1-2H3,(H,17,18);2-8,17H,1H3,(H,18,19);2-10H,1H3,(H,17,18);1-7,17H,8H2,(H,18,19);2-9H,1H3,(H,16,17). The van der Waals surface area contributed by atoms with Crippen LogP contribution < -0.4 is 5.32 Å². The largest absolute Gasteiger partial charge is 0.481 e. The summed E-state index contributed by atoms with van der Waals surface area (Å²) in [5, 5.41) is 80.5. The molecule has 28 heteroatoms. The molecule has 0 saturated heterocycles. The van der Waals surface area contributed by atoms with Crippen LogP contribution in [0.15, 0.2) is 357 Å². The lowest BCUT2D eigenvalue weighted by Crippen LogP contribution is -2.09. The zero-order valence-electron chi connectivity index (χ0n) is 82.4. The third-order valence-electron chi connectivity index (χ3n) is 24.2. The Morgan fingerprint density at radius 3 is 1.45 bits per heavy atom. The zero-order valence-corrected chi connectivity index (χ0v) is 86.2. The van der Waals surface area contributed by atoms with Gasteiger partial charge in [0.1, 0.15) is 11.6 Å². The van der Waals surface area contributed by atoms with E-state index < -0.39 is 77.2 Å². The number of carboxylic acid groups (broad SMARTS) is 8. The van der Waals surface area contributed by atoms with Gasteiger partial charge in [-0.1, -0.05) is 325 Å². The second kappa shape index (κ2) is 56.4. The van der Waals surface area contributed by atoms with Gasteiger partial charge in [-0.15, -0.1) is 11.3 Å². The topological polar surface area (TPSA) is 377 Å². The number of benzene rings is 15. The number of ketones is 3. The molecule has 2 aromatic heterocycles. The van der Waals surface area contributed by atoms with Crippen LogP contribution in [-0.2, 0) is 59.2 Å². The Morgan fingerprint density at radius 1 is 0.353 bits per heavy atom. The van der Waals surface area contributed by atoms with Crippen molar-refractivity contribution >= 4 is 156 Å². The van der Waals surface area contributed by atoms with E-state index in [4.69, 9.17) is 87.3 Å². The number of Topliss-reactive ketones (excluding diaryl/α,β-unsaturated/α-hetero) is 1. The normalized spacial score (nSPS) is 11.3. The maximum atomic E-state index is 13.9. The summed E-state index contributed by atoms with van der Waals surface area (Å²) in [6.07, 6.45) is 0.720. The van der Waals surface area contributed by atoms with Gasteiger partial charge in [0.25, 0.3) is 0 Å². The van der Waals surface area contributed by atoms with Gasteiger partial charge in [0, 0.05) is 83.8 Å². The summed E-state index contributed by atoms with van der Waals surface area (Å²) in [6, 6.07) is 104. The monoisotopic (exact) mass is 2110 g/mol. The molecule has 0 spiro atoms. The van der Waals surface area contributed by atoms with E-state index in [-0.39, 0.29) is 60.8 Å². The van der Waals surface area contributed by atoms with E-state index >= 15 is 0 Å². The first-order chi connectivity index (χ1) is 71.6. The molecule has 10 N–H and O–H groups in total. The van der Waals surface area contributed by atoms with Crippen molar-refractivity contribution in [3.05, 3.63) is 494 Å².